The topological polar surface area (TPSA) is 49.3 Å². The first-order valence-electron chi connectivity index (χ1n) is 8.10. The van der Waals surface area contributed by atoms with Crippen LogP contribution in [-0.2, 0) is 23.9 Å². The number of carboxylic acids is 1. The Labute approximate surface area is 148 Å². The third-order valence-electron chi connectivity index (χ3n) is 3.91. The molecular weight excluding hydrogens is 350 g/mol. The number of alkyl halides is 3. The van der Waals surface area contributed by atoms with Gasteiger partial charge in [0.25, 0.3) is 0 Å². The van der Waals surface area contributed by atoms with Crippen molar-refractivity contribution in [3.63, 3.8) is 0 Å². The minimum Gasteiger partial charge on any atom is -0.481 e. The van der Waals surface area contributed by atoms with Crippen molar-refractivity contribution in [1.82, 2.24) is 5.32 Å². The van der Waals surface area contributed by atoms with Crippen LogP contribution in [0.4, 0.5) is 17.6 Å². The third-order valence-corrected chi connectivity index (χ3v) is 3.91. The Bertz CT molecular complexity index is 732. The number of carbonyl (C=O) groups is 1. The van der Waals surface area contributed by atoms with Crippen molar-refractivity contribution in [1.29, 1.82) is 0 Å². The van der Waals surface area contributed by atoms with E-state index in [9.17, 15) is 22.4 Å². The van der Waals surface area contributed by atoms with Crippen LogP contribution in [0.25, 0.3) is 0 Å². The van der Waals surface area contributed by atoms with Crippen LogP contribution < -0.4 is 5.32 Å². The van der Waals surface area contributed by atoms with Crippen molar-refractivity contribution in [2.24, 2.45) is 0 Å². The zero-order valence-corrected chi connectivity index (χ0v) is 13.9. The van der Waals surface area contributed by atoms with Crippen molar-refractivity contribution in [3.8, 4) is 0 Å². The van der Waals surface area contributed by atoms with E-state index in [1.165, 1.54) is 0 Å². The van der Waals surface area contributed by atoms with E-state index in [1.807, 2.05) is 30.3 Å². The minimum absolute atomic E-state index is 0.0119. The van der Waals surface area contributed by atoms with Crippen LogP contribution in [0.3, 0.4) is 0 Å². The summed E-state index contributed by atoms with van der Waals surface area (Å²) < 4.78 is 51.9. The summed E-state index contributed by atoms with van der Waals surface area (Å²) in [5, 5.41) is 11.9. The summed E-state index contributed by atoms with van der Waals surface area (Å²) in [7, 11) is 0. The highest BCUT2D eigenvalue weighted by atomic mass is 19.4. The van der Waals surface area contributed by atoms with Gasteiger partial charge in [0.15, 0.2) is 0 Å². The van der Waals surface area contributed by atoms with Gasteiger partial charge in [0.1, 0.15) is 5.82 Å². The number of carboxylic acid groups (broad SMARTS) is 1. The zero-order valence-electron chi connectivity index (χ0n) is 13.9. The second-order valence-corrected chi connectivity index (χ2v) is 6.05. The Morgan fingerprint density at radius 3 is 2.38 bits per heavy atom. The minimum atomic E-state index is -4.62. The van der Waals surface area contributed by atoms with Gasteiger partial charge < -0.3 is 10.4 Å². The lowest BCUT2D eigenvalue weighted by Crippen LogP contribution is -2.31. The number of hydrogen-bond acceptors (Lipinski definition) is 2. The molecule has 3 nitrogen and oxygen atoms in total. The molecule has 26 heavy (non-hydrogen) atoms. The SMILES string of the molecule is O=C(O)CCC(Cc1ccccc1)NCc1cc(F)cc(C(F)(F)F)c1. The van der Waals surface area contributed by atoms with Crippen molar-refractivity contribution >= 4 is 5.97 Å². The number of rotatable bonds is 8. The molecule has 0 spiro atoms. The van der Waals surface area contributed by atoms with E-state index in [-0.39, 0.29) is 24.6 Å². The number of hydrogen-bond donors (Lipinski definition) is 2. The second kappa shape index (κ2) is 8.80. The number of nitrogens with one attached hydrogen (secondary N) is 1. The van der Waals surface area contributed by atoms with Gasteiger partial charge in [-0.15, -0.1) is 0 Å². The molecule has 2 aromatic carbocycles. The lowest BCUT2D eigenvalue weighted by molar-refractivity contribution is -0.138. The van der Waals surface area contributed by atoms with Crippen LogP contribution in [0, 0.1) is 5.82 Å². The molecule has 0 fully saturated rings. The smallest absolute Gasteiger partial charge is 0.416 e. The van der Waals surface area contributed by atoms with Gasteiger partial charge in [0.2, 0.25) is 0 Å². The van der Waals surface area contributed by atoms with E-state index < -0.39 is 23.5 Å². The van der Waals surface area contributed by atoms with Gasteiger partial charge >= 0.3 is 12.1 Å². The van der Waals surface area contributed by atoms with Crippen LogP contribution in [0.5, 0.6) is 0 Å². The molecular formula is C19H19F4NO2. The van der Waals surface area contributed by atoms with Crippen LogP contribution in [0.2, 0.25) is 0 Å². The lowest BCUT2D eigenvalue weighted by atomic mass is 10.0. The molecule has 0 saturated heterocycles. The van der Waals surface area contributed by atoms with Gasteiger partial charge in [-0.2, -0.15) is 13.2 Å². The molecule has 0 radical (unpaired) electrons. The summed E-state index contributed by atoms with van der Waals surface area (Å²) >= 11 is 0. The maximum absolute atomic E-state index is 13.5. The van der Waals surface area contributed by atoms with Crippen molar-refractivity contribution in [3.05, 3.63) is 71.0 Å². The van der Waals surface area contributed by atoms with Gasteiger partial charge in [-0.3, -0.25) is 4.79 Å². The average Bonchev–Trinajstić information content (AvgIpc) is 2.57. The summed E-state index contributed by atoms with van der Waals surface area (Å²) in [6, 6.07) is 11.5. The van der Waals surface area contributed by atoms with Crippen LogP contribution in [0.15, 0.2) is 48.5 Å². The molecule has 2 aromatic rings. The predicted molar refractivity (Wildman–Crippen MR) is 89.0 cm³/mol. The Kier molecular flexibility index (Phi) is 6.74. The Hall–Kier alpha value is -2.41. The van der Waals surface area contributed by atoms with E-state index >= 15 is 0 Å². The molecule has 0 amide bonds. The van der Waals surface area contributed by atoms with Gasteiger partial charge in [-0.25, -0.2) is 4.39 Å². The zero-order chi connectivity index (χ0) is 19.2. The first kappa shape index (κ1) is 19.9. The van der Waals surface area contributed by atoms with Gasteiger partial charge in [0, 0.05) is 19.0 Å². The standard InChI is InChI=1S/C19H19F4NO2/c20-16-9-14(8-15(11-16)19(21,22)23)12-24-17(6-7-18(25)26)10-13-4-2-1-3-5-13/h1-5,8-9,11,17,24H,6-7,10,12H2,(H,25,26). The van der Waals surface area contributed by atoms with Crippen molar-refractivity contribution < 1.29 is 27.5 Å². The molecule has 0 heterocycles. The molecule has 1 atom stereocenters. The molecule has 140 valence electrons. The van der Waals surface area contributed by atoms with Gasteiger partial charge in [0.05, 0.1) is 5.56 Å². The Morgan fingerprint density at radius 2 is 1.77 bits per heavy atom. The van der Waals surface area contributed by atoms with Gasteiger partial charge in [-0.1, -0.05) is 30.3 Å². The Morgan fingerprint density at radius 1 is 1.08 bits per heavy atom. The molecule has 0 aromatic heterocycles. The fourth-order valence-corrected chi connectivity index (χ4v) is 2.65. The molecule has 7 heteroatoms. The normalized spacial score (nSPS) is 12.8. The maximum atomic E-state index is 13.5. The molecule has 0 aliphatic rings. The maximum Gasteiger partial charge on any atom is 0.416 e. The first-order chi connectivity index (χ1) is 12.2. The second-order valence-electron chi connectivity index (χ2n) is 6.05. The highest BCUT2D eigenvalue weighted by Crippen LogP contribution is 2.30. The summed E-state index contributed by atoms with van der Waals surface area (Å²) in [5.41, 5.74) is 0.0933. The summed E-state index contributed by atoms with van der Waals surface area (Å²) in [4.78, 5) is 10.8. The summed E-state index contributed by atoms with van der Waals surface area (Å²) in [6.07, 6.45) is -3.85. The fraction of sp³-hybridized carbons (Fsp3) is 0.316. The summed E-state index contributed by atoms with van der Waals surface area (Å²) in [5.74, 6) is -1.91. The van der Waals surface area contributed by atoms with Crippen LogP contribution in [-0.4, -0.2) is 17.1 Å². The highest BCUT2D eigenvalue weighted by Gasteiger charge is 2.31. The van der Waals surface area contributed by atoms with E-state index in [0.29, 0.717) is 18.9 Å². The molecule has 0 saturated carbocycles. The molecule has 0 bridgehead atoms. The van der Waals surface area contributed by atoms with E-state index in [2.05, 4.69) is 5.32 Å². The van der Waals surface area contributed by atoms with Crippen molar-refractivity contribution in [2.45, 2.75) is 38.0 Å². The van der Waals surface area contributed by atoms with E-state index in [0.717, 1.165) is 17.7 Å². The third kappa shape index (κ3) is 6.48. The monoisotopic (exact) mass is 369 g/mol. The van der Waals surface area contributed by atoms with Crippen molar-refractivity contribution in [2.75, 3.05) is 0 Å². The molecule has 2 N–H and O–H groups in total. The first-order valence-corrected chi connectivity index (χ1v) is 8.10. The number of aliphatic carboxylic acids is 1. The highest BCUT2D eigenvalue weighted by molar-refractivity contribution is 5.66. The van der Waals surface area contributed by atoms with E-state index in [1.54, 1.807) is 0 Å². The van der Waals surface area contributed by atoms with E-state index in [4.69, 9.17) is 5.11 Å². The number of benzene rings is 2. The predicted octanol–water partition coefficient (Wildman–Crippen LogP) is 4.41. The summed E-state index contributed by atoms with van der Waals surface area (Å²) in [6.45, 7) is 0.0119. The lowest BCUT2D eigenvalue weighted by Gasteiger charge is -2.19. The van der Waals surface area contributed by atoms with Crippen LogP contribution in [0.1, 0.15) is 29.5 Å². The molecule has 0 aliphatic carbocycles. The van der Waals surface area contributed by atoms with Gasteiger partial charge in [-0.05, 0) is 42.2 Å². The molecule has 0 aliphatic heterocycles. The quantitative estimate of drug-likeness (QED) is 0.678. The molecule has 2 rings (SSSR count). The number of halogens is 4. The largest absolute Gasteiger partial charge is 0.481 e. The fourth-order valence-electron chi connectivity index (χ4n) is 2.65. The Balaban J connectivity index is 2.08. The average molecular weight is 369 g/mol. The molecule has 1 unspecified atom stereocenters. The van der Waals surface area contributed by atoms with Crippen LogP contribution >= 0.6 is 0 Å².